The van der Waals surface area contributed by atoms with Gasteiger partial charge in [-0.25, -0.2) is 0 Å². The second kappa shape index (κ2) is 8.44. The van der Waals surface area contributed by atoms with Gasteiger partial charge in [0.2, 0.25) is 17.7 Å². The fourth-order valence-electron chi connectivity index (χ4n) is 6.61. The first-order chi connectivity index (χ1) is 18.1. The predicted molar refractivity (Wildman–Crippen MR) is 138 cm³/mol. The van der Waals surface area contributed by atoms with Crippen LogP contribution in [0.1, 0.15) is 6.42 Å². The molecule has 2 saturated carbocycles. The smallest absolute Gasteiger partial charge is 0.244 e. The summed E-state index contributed by atoms with van der Waals surface area (Å²) in [5.41, 5.74) is 2.84. The third kappa shape index (κ3) is 3.75. The maximum Gasteiger partial charge on any atom is 0.244 e. The highest BCUT2D eigenvalue weighted by molar-refractivity contribution is 6.09. The summed E-state index contributed by atoms with van der Waals surface area (Å²) in [4.78, 5) is 40.1. The Labute approximate surface area is 214 Å². The maximum absolute atomic E-state index is 13.1. The van der Waals surface area contributed by atoms with E-state index in [2.05, 4.69) is 29.6 Å². The van der Waals surface area contributed by atoms with E-state index < -0.39 is 0 Å². The summed E-state index contributed by atoms with van der Waals surface area (Å²) in [5, 5.41) is 2.81. The molecule has 4 aliphatic carbocycles. The molecule has 0 spiro atoms. The minimum absolute atomic E-state index is 0.159. The first kappa shape index (κ1) is 22.0. The van der Waals surface area contributed by atoms with Gasteiger partial charge in [0.05, 0.1) is 11.8 Å². The van der Waals surface area contributed by atoms with Gasteiger partial charge in [0, 0.05) is 5.69 Å². The molecule has 3 aromatic rings. The number of hydrogen-bond acceptors (Lipinski definition) is 4. The molecule has 3 aromatic carbocycles. The van der Waals surface area contributed by atoms with E-state index in [1.54, 1.807) is 24.3 Å². The molecule has 1 saturated heterocycles. The van der Waals surface area contributed by atoms with Gasteiger partial charge in [0.1, 0.15) is 18.0 Å². The Hall–Kier alpha value is -4.19. The predicted octanol–water partition coefficient (Wildman–Crippen LogP) is 5.14. The van der Waals surface area contributed by atoms with Crippen LogP contribution in [0.25, 0.3) is 11.1 Å². The van der Waals surface area contributed by atoms with Crippen LogP contribution in [0.5, 0.6) is 11.5 Å². The number of imide groups is 1. The van der Waals surface area contributed by atoms with Crippen LogP contribution in [0.3, 0.4) is 0 Å². The van der Waals surface area contributed by atoms with E-state index in [0.717, 1.165) is 17.5 Å². The van der Waals surface area contributed by atoms with Crippen molar-refractivity contribution in [1.29, 1.82) is 0 Å². The molecule has 3 fully saturated rings. The van der Waals surface area contributed by atoms with Gasteiger partial charge < -0.3 is 10.1 Å². The molecule has 37 heavy (non-hydrogen) atoms. The highest BCUT2D eigenvalue weighted by atomic mass is 16.5. The van der Waals surface area contributed by atoms with Crippen LogP contribution in [0.15, 0.2) is 91.0 Å². The lowest BCUT2D eigenvalue weighted by molar-refractivity contribution is -0.142. The molecule has 2 bridgehead atoms. The highest BCUT2D eigenvalue weighted by Crippen LogP contribution is 2.65. The van der Waals surface area contributed by atoms with E-state index in [1.165, 1.54) is 4.90 Å². The van der Waals surface area contributed by atoms with E-state index in [1.807, 2.05) is 42.5 Å². The summed E-state index contributed by atoms with van der Waals surface area (Å²) in [6.07, 6.45) is 5.39. The molecule has 8 rings (SSSR count). The van der Waals surface area contributed by atoms with E-state index >= 15 is 0 Å². The van der Waals surface area contributed by atoms with Crippen LogP contribution in [0, 0.1) is 35.5 Å². The monoisotopic (exact) mass is 490 g/mol. The standard InChI is InChI=1S/C31H26N2O4/c34-27(17-33-30(35)28-23-14-15-24(26-16-25(23)26)29(28)31(33)36)32-20-8-12-22(13-9-20)37-21-10-6-19(7-11-21)18-4-2-1-3-5-18/h1-15,23-26,28-29H,16-17H2,(H,32,34)/t23-,24-,25-,26+,28+,29+/m0/s1. The van der Waals surface area contributed by atoms with Gasteiger partial charge >= 0.3 is 0 Å². The Balaban J connectivity index is 0.966. The number of allylic oxidation sites excluding steroid dienone is 2. The number of rotatable bonds is 6. The molecule has 0 aromatic heterocycles. The Morgan fingerprint density at radius 2 is 1.30 bits per heavy atom. The molecule has 6 atom stereocenters. The molecule has 0 radical (unpaired) electrons. The Bertz CT molecular complexity index is 1380. The Kier molecular flexibility index (Phi) is 5.03. The molecule has 6 nitrogen and oxygen atoms in total. The number of carbonyl (C=O) groups excluding carboxylic acids is 3. The van der Waals surface area contributed by atoms with Gasteiger partial charge in [0.15, 0.2) is 0 Å². The minimum atomic E-state index is -0.379. The maximum atomic E-state index is 13.1. The van der Waals surface area contributed by atoms with Crippen LogP contribution in [0.2, 0.25) is 0 Å². The molecule has 184 valence electrons. The van der Waals surface area contributed by atoms with Gasteiger partial charge in [0.25, 0.3) is 0 Å². The van der Waals surface area contributed by atoms with E-state index in [-0.39, 0.29) is 47.9 Å². The average molecular weight is 491 g/mol. The molecule has 3 amide bonds. The second-order valence-corrected chi connectivity index (χ2v) is 10.5. The molecule has 1 aliphatic heterocycles. The molecule has 0 unspecified atom stereocenters. The van der Waals surface area contributed by atoms with Gasteiger partial charge in [-0.1, -0.05) is 54.6 Å². The van der Waals surface area contributed by atoms with Gasteiger partial charge in [-0.2, -0.15) is 0 Å². The third-order valence-electron chi connectivity index (χ3n) is 8.39. The Morgan fingerprint density at radius 3 is 1.89 bits per heavy atom. The fraction of sp³-hybridized carbons (Fsp3) is 0.258. The number of benzene rings is 3. The fourth-order valence-corrected chi connectivity index (χ4v) is 6.61. The number of anilines is 1. The van der Waals surface area contributed by atoms with Crippen LogP contribution in [0.4, 0.5) is 5.69 Å². The zero-order valence-corrected chi connectivity index (χ0v) is 20.1. The number of nitrogens with one attached hydrogen (secondary N) is 1. The van der Waals surface area contributed by atoms with Crippen molar-refractivity contribution in [2.24, 2.45) is 35.5 Å². The quantitative estimate of drug-likeness (QED) is 0.384. The van der Waals surface area contributed by atoms with Crippen molar-refractivity contribution in [2.45, 2.75) is 6.42 Å². The van der Waals surface area contributed by atoms with Crippen molar-refractivity contribution < 1.29 is 19.1 Å². The SMILES string of the molecule is O=C(CN1C(=O)[C@@H]2[C@H]3C=C[C@@H]([C@@H]4C[C@H]34)[C@H]2C1=O)Nc1ccc(Oc2ccc(-c3ccccc3)cc2)cc1. The molecule has 1 N–H and O–H groups in total. The van der Waals surface area contributed by atoms with E-state index in [0.29, 0.717) is 29.0 Å². The molecule has 5 aliphatic rings. The van der Waals surface area contributed by atoms with Crippen LogP contribution >= 0.6 is 0 Å². The van der Waals surface area contributed by atoms with Crippen molar-refractivity contribution in [1.82, 2.24) is 4.90 Å². The zero-order valence-electron chi connectivity index (χ0n) is 20.1. The van der Waals surface area contributed by atoms with Gasteiger partial charge in [-0.15, -0.1) is 0 Å². The van der Waals surface area contributed by atoms with Crippen molar-refractivity contribution in [3.05, 3.63) is 91.0 Å². The first-order valence-corrected chi connectivity index (χ1v) is 12.8. The van der Waals surface area contributed by atoms with E-state index in [4.69, 9.17) is 4.74 Å². The normalized spacial score (nSPS) is 28.6. The Morgan fingerprint density at radius 1 is 0.757 bits per heavy atom. The number of likely N-dealkylation sites (tertiary alicyclic amines) is 1. The number of hydrogen-bond donors (Lipinski definition) is 1. The average Bonchev–Trinajstić information content (AvgIpc) is 3.72. The van der Waals surface area contributed by atoms with Gasteiger partial charge in [-0.05, 0) is 77.6 Å². The van der Waals surface area contributed by atoms with Crippen molar-refractivity contribution in [3.63, 3.8) is 0 Å². The van der Waals surface area contributed by atoms with Crippen molar-refractivity contribution in [2.75, 3.05) is 11.9 Å². The van der Waals surface area contributed by atoms with E-state index in [9.17, 15) is 14.4 Å². The minimum Gasteiger partial charge on any atom is -0.457 e. The summed E-state index contributed by atoms with van der Waals surface area (Å²) in [7, 11) is 0. The lowest BCUT2D eigenvalue weighted by atomic mass is 9.63. The summed E-state index contributed by atoms with van der Waals surface area (Å²) in [6, 6.07) is 25.1. The summed E-state index contributed by atoms with van der Waals surface area (Å²) < 4.78 is 5.94. The van der Waals surface area contributed by atoms with Crippen molar-refractivity contribution >= 4 is 23.4 Å². The highest BCUT2D eigenvalue weighted by Gasteiger charge is 2.67. The van der Waals surface area contributed by atoms with Gasteiger partial charge in [-0.3, -0.25) is 19.3 Å². The van der Waals surface area contributed by atoms with Crippen LogP contribution in [-0.2, 0) is 14.4 Å². The lowest BCUT2D eigenvalue weighted by Crippen LogP contribution is -2.40. The zero-order chi connectivity index (χ0) is 25.1. The van der Waals surface area contributed by atoms with Crippen LogP contribution < -0.4 is 10.1 Å². The summed E-state index contributed by atoms with van der Waals surface area (Å²) in [5.74, 6) is 1.46. The summed E-state index contributed by atoms with van der Waals surface area (Å²) in [6.45, 7) is -0.245. The third-order valence-corrected chi connectivity index (χ3v) is 8.39. The topological polar surface area (TPSA) is 75.7 Å². The number of amides is 3. The number of nitrogens with zero attached hydrogens (tertiary/aromatic N) is 1. The largest absolute Gasteiger partial charge is 0.457 e. The second-order valence-electron chi connectivity index (χ2n) is 10.5. The first-order valence-electron chi connectivity index (χ1n) is 12.8. The molecular formula is C31H26N2O4. The lowest BCUT2D eigenvalue weighted by Gasteiger charge is -2.37. The summed E-state index contributed by atoms with van der Waals surface area (Å²) >= 11 is 0. The molecular weight excluding hydrogens is 464 g/mol. The number of ether oxygens (including phenoxy) is 1. The molecule has 1 heterocycles. The molecule has 6 heteroatoms. The van der Waals surface area contributed by atoms with Crippen molar-refractivity contribution in [3.8, 4) is 22.6 Å². The number of carbonyl (C=O) groups is 3. The van der Waals surface area contributed by atoms with Crippen LogP contribution in [-0.4, -0.2) is 29.2 Å².